The topological polar surface area (TPSA) is 79.5 Å². The van der Waals surface area contributed by atoms with Crippen molar-refractivity contribution in [3.05, 3.63) is 87.9 Å². The predicted molar refractivity (Wildman–Crippen MR) is 144 cm³/mol. The second-order valence-corrected chi connectivity index (χ2v) is 9.94. The molecule has 34 heavy (non-hydrogen) atoms. The molecule has 0 aromatic heterocycles. The van der Waals surface area contributed by atoms with Crippen LogP contribution in [0.25, 0.3) is 0 Å². The van der Waals surface area contributed by atoms with Crippen molar-refractivity contribution >= 4 is 56.4 Å². The monoisotopic (exact) mass is 539 g/mol. The number of rotatable bonds is 5. The van der Waals surface area contributed by atoms with Crippen molar-refractivity contribution in [1.29, 1.82) is 0 Å². The fourth-order valence-corrected chi connectivity index (χ4v) is 3.72. The lowest BCUT2D eigenvalue weighted by Crippen LogP contribution is -2.34. The molecule has 0 aliphatic rings. The van der Waals surface area contributed by atoms with E-state index in [1.54, 1.807) is 42.5 Å². The number of hydrogen-bond donors (Lipinski definition) is 3. The molecule has 3 aromatic carbocycles. The Labute approximate surface area is 213 Å². The van der Waals surface area contributed by atoms with E-state index in [1.807, 2.05) is 24.3 Å². The van der Waals surface area contributed by atoms with Gasteiger partial charge in [0, 0.05) is 21.4 Å². The third-order valence-electron chi connectivity index (χ3n) is 5.05. The van der Waals surface area contributed by atoms with Crippen molar-refractivity contribution in [1.82, 2.24) is 5.32 Å². The summed E-state index contributed by atoms with van der Waals surface area (Å²) in [4.78, 5) is 25.1. The van der Waals surface area contributed by atoms with Crippen LogP contribution in [0.1, 0.15) is 47.1 Å². The smallest absolute Gasteiger partial charge is 0.261 e. The highest BCUT2D eigenvalue weighted by Gasteiger charge is 2.15. The number of methoxy groups -OCH3 is 1. The molecule has 176 valence electrons. The molecular weight excluding hydrogens is 514 g/mol. The number of carbonyl (C=O) groups is 2. The zero-order valence-electron chi connectivity index (χ0n) is 19.4. The molecule has 0 aliphatic carbocycles. The van der Waals surface area contributed by atoms with Gasteiger partial charge in [-0.1, -0.05) is 48.8 Å². The lowest BCUT2D eigenvalue weighted by Gasteiger charge is -2.19. The molecule has 0 heterocycles. The van der Waals surface area contributed by atoms with Crippen LogP contribution < -0.4 is 20.7 Å². The van der Waals surface area contributed by atoms with E-state index >= 15 is 0 Å². The van der Waals surface area contributed by atoms with E-state index in [4.69, 9.17) is 17.0 Å². The van der Waals surface area contributed by atoms with Crippen LogP contribution >= 0.6 is 28.1 Å². The summed E-state index contributed by atoms with van der Waals surface area (Å²) < 4.78 is 5.99. The number of carbonyl (C=O) groups excluding carboxylic acids is 2. The molecule has 6 nitrogen and oxygen atoms in total. The molecule has 0 unspecified atom stereocenters. The van der Waals surface area contributed by atoms with Crippen LogP contribution in [0.4, 0.5) is 11.4 Å². The highest BCUT2D eigenvalue weighted by atomic mass is 79.9. The molecule has 0 aliphatic heterocycles. The van der Waals surface area contributed by atoms with Gasteiger partial charge >= 0.3 is 0 Å². The summed E-state index contributed by atoms with van der Waals surface area (Å²) in [7, 11) is 1.50. The molecule has 0 saturated heterocycles. The average molecular weight is 540 g/mol. The van der Waals surface area contributed by atoms with E-state index in [0.717, 1.165) is 4.47 Å². The first-order chi connectivity index (χ1) is 16.1. The summed E-state index contributed by atoms with van der Waals surface area (Å²) in [5.74, 6) is -0.138. The Balaban J connectivity index is 1.58. The maximum Gasteiger partial charge on any atom is 0.261 e. The van der Waals surface area contributed by atoms with Gasteiger partial charge in [-0.15, -0.1) is 0 Å². The van der Waals surface area contributed by atoms with Crippen LogP contribution in [0.3, 0.4) is 0 Å². The molecule has 3 rings (SSSR count). The number of amides is 2. The van der Waals surface area contributed by atoms with Crippen LogP contribution in [0.5, 0.6) is 5.75 Å². The SMILES string of the molecule is COc1ccc(Br)cc1C(=O)NC(=S)Nc1ccc(NC(=O)c2ccc(C(C)(C)C)cc2)cc1. The minimum absolute atomic E-state index is 0.0297. The highest BCUT2D eigenvalue weighted by Crippen LogP contribution is 2.24. The Morgan fingerprint density at radius 1 is 0.853 bits per heavy atom. The maximum absolute atomic E-state index is 12.6. The second-order valence-electron chi connectivity index (χ2n) is 8.61. The fourth-order valence-electron chi connectivity index (χ4n) is 3.15. The Hall–Kier alpha value is -3.23. The highest BCUT2D eigenvalue weighted by molar-refractivity contribution is 9.10. The lowest BCUT2D eigenvalue weighted by molar-refractivity contribution is 0.0973. The lowest BCUT2D eigenvalue weighted by atomic mass is 9.87. The van der Waals surface area contributed by atoms with Crippen molar-refractivity contribution < 1.29 is 14.3 Å². The molecule has 0 fully saturated rings. The van der Waals surface area contributed by atoms with Gasteiger partial charge in [0.25, 0.3) is 11.8 Å². The summed E-state index contributed by atoms with van der Waals surface area (Å²) >= 11 is 8.61. The van der Waals surface area contributed by atoms with E-state index in [9.17, 15) is 9.59 Å². The molecule has 2 amide bonds. The normalized spacial score (nSPS) is 10.9. The third-order valence-corrected chi connectivity index (χ3v) is 5.74. The predicted octanol–water partition coefficient (Wildman–Crippen LogP) is 6.13. The third kappa shape index (κ3) is 6.65. The molecular formula is C26H26BrN3O3S. The summed E-state index contributed by atoms with van der Waals surface area (Å²) in [5.41, 5.74) is 3.45. The van der Waals surface area contributed by atoms with Gasteiger partial charge in [-0.05, 0) is 77.8 Å². The van der Waals surface area contributed by atoms with Gasteiger partial charge in [0.2, 0.25) is 0 Å². The van der Waals surface area contributed by atoms with Gasteiger partial charge in [0.05, 0.1) is 12.7 Å². The number of nitrogens with one attached hydrogen (secondary N) is 3. The Kier molecular flexibility index (Phi) is 8.06. The van der Waals surface area contributed by atoms with E-state index in [0.29, 0.717) is 28.3 Å². The molecule has 0 radical (unpaired) electrons. The Bertz CT molecular complexity index is 1200. The maximum atomic E-state index is 12.6. The minimum Gasteiger partial charge on any atom is -0.496 e. The Morgan fingerprint density at radius 3 is 2.00 bits per heavy atom. The van der Waals surface area contributed by atoms with E-state index < -0.39 is 5.91 Å². The number of hydrogen-bond acceptors (Lipinski definition) is 4. The summed E-state index contributed by atoms with van der Waals surface area (Å²) in [6, 6.07) is 19.8. The first-order valence-corrected chi connectivity index (χ1v) is 11.7. The molecule has 0 saturated carbocycles. The molecule has 3 aromatic rings. The number of halogens is 1. The van der Waals surface area contributed by atoms with E-state index in [1.165, 1.54) is 12.7 Å². The van der Waals surface area contributed by atoms with Gasteiger partial charge < -0.3 is 15.4 Å². The molecule has 0 atom stereocenters. The summed E-state index contributed by atoms with van der Waals surface area (Å²) in [5, 5.41) is 8.62. The molecule has 3 N–H and O–H groups in total. The van der Waals surface area contributed by atoms with Crippen LogP contribution in [-0.2, 0) is 5.41 Å². The fraction of sp³-hybridized carbons (Fsp3) is 0.192. The molecule has 0 spiro atoms. The van der Waals surface area contributed by atoms with Gasteiger partial charge in [0.15, 0.2) is 5.11 Å². The average Bonchev–Trinajstić information content (AvgIpc) is 2.79. The summed E-state index contributed by atoms with van der Waals surface area (Å²) in [6.07, 6.45) is 0. The van der Waals surface area contributed by atoms with E-state index in [-0.39, 0.29) is 16.4 Å². The zero-order chi connectivity index (χ0) is 24.9. The number of ether oxygens (including phenoxy) is 1. The first kappa shape index (κ1) is 25.4. The van der Waals surface area contributed by atoms with Crippen LogP contribution in [0.2, 0.25) is 0 Å². The van der Waals surface area contributed by atoms with Crippen LogP contribution in [-0.4, -0.2) is 24.0 Å². The zero-order valence-corrected chi connectivity index (χ0v) is 21.8. The van der Waals surface area contributed by atoms with Gasteiger partial charge in [-0.3, -0.25) is 14.9 Å². The van der Waals surface area contributed by atoms with Gasteiger partial charge in [-0.2, -0.15) is 0 Å². The van der Waals surface area contributed by atoms with Crippen LogP contribution in [0, 0.1) is 0 Å². The molecule has 0 bridgehead atoms. The van der Waals surface area contributed by atoms with Crippen molar-refractivity contribution in [2.45, 2.75) is 26.2 Å². The van der Waals surface area contributed by atoms with Gasteiger partial charge in [0.1, 0.15) is 5.75 Å². The largest absolute Gasteiger partial charge is 0.496 e. The Morgan fingerprint density at radius 2 is 1.44 bits per heavy atom. The summed E-state index contributed by atoms with van der Waals surface area (Å²) in [6.45, 7) is 6.39. The van der Waals surface area contributed by atoms with E-state index in [2.05, 4.69) is 52.7 Å². The second kappa shape index (κ2) is 10.8. The van der Waals surface area contributed by atoms with Crippen molar-refractivity contribution in [3.8, 4) is 5.75 Å². The number of anilines is 2. The molecule has 8 heteroatoms. The van der Waals surface area contributed by atoms with Crippen molar-refractivity contribution in [3.63, 3.8) is 0 Å². The first-order valence-electron chi connectivity index (χ1n) is 10.5. The number of thiocarbonyl (C=S) groups is 1. The van der Waals surface area contributed by atoms with Gasteiger partial charge in [-0.25, -0.2) is 0 Å². The standard InChI is InChI=1S/C26H26BrN3O3S/c1-26(2,3)17-7-5-16(6-8-17)23(31)28-19-10-12-20(13-11-19)29-25(34)30-24(32)21-15-18(27)9-14-22(21)33-4/h5-15H,1-4H3,(H,28,31)(H2,29,30,32,34). The number of benzene rings is 3. The quantitative estimate of drug-likeness (QED) is 0.339. The van der Waals surface area contributed by atoms with Crippen LogP contribution in [0.15, 0.2) is 71.2 Å². The van der Waals surface area contributed by atoms with Crippen molar-refractivity contribution in [2.24, 2.45) is 0 Å². The minimum atomic E-state index is -0.392. The van der Waals surface area contributed by atoms with Crippen molar-refractivity contribution in [2.75, 3.05) is 17.7 Å².